The summed E-state index contributed by atoms with van der Waals surface area (Å²) in [5.74, 6) is -1.02. The topological polar surface area (TPSA) is 79.2 Å². The number of amides is 1. The van der Waals surface area contributed by atoms with E-state index in [1.54, 1.807) is 31.4 Å². The Kier molecular flexibility index (Phi) is 5.52. The minimum Gasteiger partial charge on any atom is -0.446 e. The molecule has 0 aromatic carbocycles. The third-order valence-electron chi connectivity index (χ3n) is 2.43. The van der Waals surface area contributed by atoms with Crippen LogP contribution in [-0.4, -0.2) is 24.0 Å². The molecule has 1 aromatic heterocycles. The van der Waals surface area contributed by atoms with Gasteiger partial charge in [-0.25, -0.2) is 4.79 Å². The van der Waals surface area contributed by atoms with E-state index in [0.29, 0.717) is 4.88 Å². The van der Waals surface area contributed by atoms with Crippen molar-refractivity contribution in [1.29, 1.82) is 5.26 Å². The van der Waals surface area contributed by atoms with E-state index in [-0.39, 0.29) is 11.8 Å². The van der Waals surface area contributed by atoms with Gasteiger partial charge in [0, 0.05) is 0 Å². The molecule has 0 saturated heterocycles. The number of hydrogen-bond donors (Lipinski definition) is 1. The first-order chi connectivity index (χ1) is 8.95. The van der Waals surface area contributed by atoms with Crippen LogP contribution >= 0.6 is 11.3 Å². The Bertz CT molecular complexity index is 477. The van der Waals surface area contributed by atoms with Gasteiger partial charge in [0.15, 0.2) is 6.10 Å². The fraction of sp³-hybridized carbons (Fsp3) is 0.462. The third kappa shape index (κ3) is 4.38. The molecule has 19 heavy (non-hydrogen) atoms. The predicted octanol–water partition coefficient (Wildman–Crippen LogP) is 1.96. The second kappa shape index (κ2) is 6.90. The molecule has 0 fully saturated rings. The summed E-state index contributed by atoms with van der Waals surface area (Å²) in [6.45, 7) is 5.09. The number of nitrogens with zero attached hydrogens (tertiary/aromatic N) is 1. The van der Waals surface area contributed by atoms with Crippen LogP contribution in [0.1, 0.15) is 30.4 Å². The van der Waals surface area contributed by atoms with Crippen molar-refractivity contribution in [1.82, 2.24) is 5.32 Å². The zero-order valence-corrected chi connectivity index (χ0v) is 11.9. The summed E-state index contributed by atoms with van der Waals surface area (Å²) in [5.41, 5.74) is 0. The van der Waals surface area contributed by atoms with Crippen molar-refractivity contribution in [2.24, 2.45) is 5.92 Å². The Morgan fingerprint density at radius 2 is 2.11 bits per heavy atom. The normalized spacial score (nSPS) is 13.4. The largest absolute Gasteiger partial charge is 0.446 e. The summed E-state index contributed by atoms with van der Waals surface area (Å²) in [6, 6.07) is 4.50. The molecule has 102 valence electrons. The van der Waals surface area contributed by atoms with Crippen LogP contribution in [0.5, 0.6) is 0 Å². The molecule has 0 aliphatic heterocycles. The van der Waals surface area contributed by atoms with Crippen molar-refractivity contribution >= 4 is 23.2 Å². The average Bonchev–Trinajstić information content (AvgIpc) is 2.88. The molecule has 1 aromatic rings. The highest BCUT2D eigenvalue weighted by Crippen LogP contribution is 2.11. The summed E-state index contributed by atoms with van der Waals surface area (Å²) < 4.78 is 4.93. The third-order valence-corrected chi connectivity index (χ3v) is 3.30. The minimum absolute atomic E-state index is 0.123. The lowest BCUT2D eigenvalue weighted by atomic mass is 10.0. The lowest BCUT2D eigenvalue weighted by Crippen LogP contribution is -2.45. The fourth-order valence-corrected chi connectivity index (χ4v) is 2.02. The molecule has 0 radical (unpaired) electrons. The zero-order chi connectivity index (χ0) is 14.4. The maximum atomic E-state index is 11.9. The average molecular weight is 280 g/mol. The van der Waals surface area contributed by atoms with Gasteiger partial charge in [0.25, 0.3) is 5.91 Å². The van der Waals surface area contributed by atoms with Crippen molar-refractivity contribution in [3.63, 3.8) is 0 Å². The maximum Gasteiger partial charge on any atom is 0.330 e. The highest BCUT2D eigenvalue weighted by atomic mass is 32.1. The standard InChI is InChI=1S/C13H16N2O3S/c1-8(2)11(13(17)18-9(3)7-14)15-12(16)10-5-4-6-19-10/h4-6,8-9,11H,1-3H3,(H,15,16)/t9-,11+/m1/s1. The molecule has 6 heteroatoms. The molecule has 1 rings (SSSR count). The maximum absolute atomic E-state index is 11.9. The molecular weight excluding hydrogens is 264 g/mol. The van der Waals surface area contributed by atoms with Crippen LogP contribution in [0.3, 0.4) is 0 Å². The summed E-state index contributed by atoms with van der Waals surface area (Å²) >= 11 is 1.30. The molecule has 5 nitrogen and oxygen atoms in total. The Morgan fingerprint density at radius 3 is 2.58 bits per heavy atom. The van der Waals surface area contributed by atoms with Crippen LogP contribution in [0.15, 0.2) is 17.5 Å². The summed E-state index contributed by atoms with van der Waals surface area (Å²) in [4.78, 5) is 24.3. The lowest BCUT2D eigenvalue weighted by molar-refractivity contribution is -0.149. The van der Waals surface area contributed by atoms with Gasteiger partial charge in [-0.05, 0) is 24.3 Å². The van der Waals surface area contributed by atoms with E-state index in [9.17, 15) is 9.59 Å². The first-order valence-corrected chi connectivity index (χ1v) is 6.78. The Morgan fingerprint density at radius 1 is 1.42 bits per heavy atom. The first kappa shape index (κ1) is 15.2. The van der Waals surface area contributed by atoms with E-state index in [1.165, 1.54) is 18.3 Å². The molecule has 1 heterocycles. The highest BCUT2D eigenvalue weighted by Gasteiger charge is 2.27. The number of nitriles is 1. The van der Waals surface area contributed by atoms with Crippen LogP contribution in [-0.2, 0) is 9.53 Å². The van der Waals surface area contributed by atoms with Crippen molar-refractivity contribution in [3.05, 3.63) is 22.4 Å². The van der Waals surface area contributed by atoms with Gasteiger partial charge in [0.2, 0.25) is 0 Å². The monoisotopic (exact) mass is 280 g/mol. The Hall–Kier alpha value is -1.87. The minimum atomic E-state index is -0.826. The number of thiophene rings is 1. The SMILES string of the molecule is CC(C)[C@H](NC(=O)c1cccs1)C(=O)O[C@H](C)C#N. The molecule has 0 spiro atoms. The van der Waals surface area contributed by atoms with Crippen molar-refractivity contribution in [3.8, 4) is 6.07 Å². The summed E-state index contributed by atoms with van der Waals surface area (Å²) in [5, 5.41) is 13.0. The molecule has 0 aliphatic rings. The van der Waals surface area contributed by atoms with Crippen molar-refractivity contribution < 1.29 is 14.3 Å². The zero-order valence-electron chi connectivity index (χ0n) is 11.0. The smallest absolute Gasteiger partial charge is 0.330 e. The van der Waals surface area contributed by atoms with E-state index in [4.69, 9.17) is 10.00 Å². The van der Waals surface area contributed by atoms with Gasteiger partial charge in [0.05, 0.1) is 4.88 Å². The lowest BCUT2D eigenvalue weighted by Gasteiger charge is -2.21. The molecule has 0 bridgehead atoms. The van der Waals surface area contributed by atoms with E-state index in [0.717, 1.165) is 0 Å². The molecule has 0 aliphatic carbocycles. The summed E-state index contributed by atoms with van der Waals surface area (Å²) in [7, 11) is 0. The Labute approximate surface area is 116 Å². The second-order valence-electron chi connectivity index (χ2n) is 4.38. The molecule has 1 amide bonds. The molecule has 1 N–H and O–H groups in total. The van der Waals surface area contributed by atoms with Gasteiger partial charge in [-0.3, -0.25) is 4.79 Å². The molecule has 2 atom stereocenters. The predicted molar refractivity (Wildman–Crippen MR) is 71.6 cm³/mol. The van der Waals surface area contributed by atoms with Crippen LogP contribution in [0.4, 0.5) is 0 Å². The van der Waals surface area contributed by atoms with Crippen LogP contribution in [0, 0.1) is 17.2 Å². The van der Waals surface area contributed by atoms with E-state index in [1.807, 2.05) is 6.07 Å². The van der Waals surface area contributed by atoms with E-state index < -0.39 is 18.1 Å². The van der Waals surface area contributed by atoms with Gasteiger partial charge in [-0.1, -0.05) is 19.9 Å². The van der Waals surface area contributed by atoms with Gasteiger partial charge >= 0.3 is 5.97 Å². The molecule has 0 unspecified atom stereocenters. The molecular formula is C13H16N2O3S. The van der Waals surface area contributed by atoms with Crippen LogP contribution in [0.2, 0.25) is 0 Å². The second-order valence-corrected chi connectivity index (χ2v) is 5.33. The number of esters is 1. The van der Waals surface area contributed by atoms with Gasteiger partial charge in [-0.15, -0.1) is 11.3 Å². The van der Waals surface area contributed by atoms with E-state index in [2.05, 4.69) is 5.32 Å². The van der Waals surface area contributed by atoms with Gasteiger partial charge in [-0.2, -0.15) is 5.26 Å². The van der Waals surface area contributed by atoms with Gasteiger partial charge in [0.1, 0.15) is 12.1 Å². The number of nitrogens with one attached hydrogen (secondary N) is 1. The summed E-state index contributed by atoms with van der Waals surface area (Å²) in [6.07, 6.45) is -0.826. The van der Waals surface area contributed by atoms with Crippen molar-refractivity contribution in [2.45, 2.75) is 32.9 Å². The number of carbonyl (C=O) groups is 2. The highest BCUT2D eigenvalue weighted by molar-refractivity contribution is 7.12. The number of ether oxygens (including phenoxy) is 1. The quantitative estimate of drug-likeness (QED) is 0.836. The first-order valence-electron chi connectivity index (χ1n) is 5.90. The molecule has 0 saturated carbocycles. The fourth-order valence-electron chi connectivity index (χ4n) is 1.39. The van der Waals surface area contributed by atoms with E-state index >= 15 is 0 Å². The van der Waals surface area contributed by atoms with Crippen LogP contribution in [0.25, 0.3) is 0 Å². The van der Waals surface area contributed by atoms with Gasteiger partial charge < -0.3 is 10.1 Å². The number of rotatable bonds is 5. The number of hydrogen-bond acceptors (Lipinski definition) is 5. The number of carbonyl (C=O) groups excluding carboxylic acids is 2. The van der Waals surface area contributed by atoms with Crippen LogP contribution < -0.4 is 5.32 Å². The van der Waals surface area contributed by atoms with Crippen molar-refractivity contribution in [2.75, 3.05) is 0 Å². The Balaban J connectivity index is 2.71.